The van der Waals surface area contributed by atoms with E-state index >= 15 is 0 Å². The monoisotopic (exact) mass is 461 g/mol. The van der Waals surface area contributed by atoms with Crippen molar-refractivity contribution in [2.45, 2.75) is 39.2 Å². The second kappa shape index (κ2) is 9.73. The van der Waals surface area contributed by atoms with Crippen LogP contribution in [0.3, 0.4) is 0 Å². The number of amides is 1. The highest BCUT2D eigenvalue weighted by molar-refractivity contribution is 5.78. The molecular weight excluding hydrogens is 431 g/mol. The highest BCUT2D eigenvalue weighted by Crippen LogP contribution is 2.30. The predicted molar refractivity (Wildman–Crippen MR) is 121 cm³/mol. The van der Waals surface area contributed by atoms with Crippen LogP contribution in [0.5, 0.6) is 5.75 Å². The summed E-state index contributed by atoms with van der Waals surface area (Å²) in [6.07, 6.45) is -3.91. The number of fused-ring (bicyclic) bond motifs is 1. The van der Waals surface area contributed by atoms with Gasteiger partial charge in [0, 0.05) is 45.3 Å². The number of carbonyl (C=O) groups is 1. The zero-order valence-corrected chi connectivity index (χ0v) is 19.1. The first-order chi connectivity index (χ1) is 15.7. The first kappa shape index (κ1) is 23.6. The highest BCUT2D eigenvalue weighted by Gasteiger charge is 2.31. The minimum atomic E-state index is -4.71. The van der Waals surface area contributed by atoms with E-state index in [0.717, 1.165) is 50.3 Å². The third-order valence-corrected chi connectivity index (χ3v) is 6.45. The minimum absolute atomic E-state index is 0.181. The summed E-state index contributed by atoms with van der Waals surface area (Å²) < 4.78 is 41.7. The number of hydrogen-bond acceptors (Lipinski definition) is 4. The van der Waals surface area contributed by atoms with Crippen molar-refractivity contribution in [2.24, 2.45) is 0 Å². The number of ether oxygens (including phenoxy) is 1. The van der Waals surface area contributed by atoms with Crippen LogP contribution in [0, 0.1) is 0 Å². The van der Waals surface area contributed by atoms with E-state index in [1.165, 1.54) is 17.7 Å². The Bertz CT molecular complexity index is 985. The molecule has 0 N–H and O–H groups in total. The number of hydrogen-bond donors (Lipinski definition) is 0. The molecule has 2 aromatic rings. The van der Waals surface area contributed by atoms with Gasteiger partial charge < -0.3 is 9.64 Å². The van der Waals surface area contributed by atoms with Gasteiger partial charge in [-0.05, 0) is 54.7 Å². The fourth-order valence-corrected chi connectivity index (χ4v) is 4.58. The van der Waals surface area contributed by atoms with Gasteiger partial charge in [0.05, 0.1) is 6.54 Å². The molecule has 1 fully saturated rings. The third kappa shape index (κ3) is 6.06. The van der Waals surface area contributed by atoms with E-state index in [1.807, 2.05) is 23.1 Å². The Hall–Kier alpha value is -2.58. The molecule has 33 heavy (non-hydrogen) atoms. The Morgan fingerprint density at radius 1 is 0.970 bits per heavy atom. The van der Waals surface area contributed by atoms with Gasteiger partial charge in [0.15, 0.2) is 0 Å². The summed E-state index contributed by atoms with van der Waals surface area (Å²) in [4.78, 5) is 19.3. The first-order valence-electron chi connectivity index (χ1n) is 11.4. The Kier molecular flexibility index (Phi) is 6.95. The standard InChI is InChI=1S/C25H30F3N3O2/c1-18(2)30-10-12-31(13-11-30)24(32)17-29-9-8-21-14-20(6-7-22(21)16-29)19-4-3-5-23(15-19)33-25(26,27)28/h3-7,14-15,18H,8-13,16-17H2,1-2H3. The van der Waals surface area contributed by atoms with E-state index in [9.17, 15) is 18.0 Å². The molecule has 2 heterocycles. The number of alkyl halides is 3. The van der Waals surface area contributed by atoms with Crippen molar-refractivity contribution in [3.05, 3.63) is 53.6 Å². The number of halogens is 3. The van der Waals surface area contributed by atoms with Gasteiger partial charge in [-0.2, -0.15) is 0 Å². The van der Waals surface area contributed by atoms with Crippen molar-refractivity contribution in [3.8, 4) is 16.9 Å². The van der Waals surface area contributed by atoms with Gasteiger partial charge in [0.2, 0.25) is 5.91 Å². The van der Waals surface area contributed by atoms with Gasteiger partial charge in [0.25, 0.3) is 0 Å². The maximum absolute atomic E-state index is 12.8. The fraction of sp³-hybridized carbons (Fsp3) is 0.480. The van der Waals surface area contributed by atoms with Crippen molar-refractivity contribution in [1.29, 1.82) is 0 Å². The summed E-state index contributed by atoms with van der Waals surface area (Å²) in [6, 6.07) is 12.5. The van der Waals surface area contributed by atoms with Gasteiger partial charge in [-0.1, -0.05) is 30.3 Å². The first-order valence-corrected chi connectivity index (χ1v) is 11.4. The molecule has 1 amide bonds. The lowest BCUT2D eigenvalue weighted by Crippen LogP contribution is -2.53. The molecule has 2 aliphatic rings. The van der Waals surface area contributed by atoms with Gasteiger partial charge in [-0.3, -0.25) is 14.6 Å². The van der Waals surface area contributed by atoms with Crippen LogP contribution in [0.1, 0.15) is 25.0 Å². The van der Waals surface area contributed by atoms with Crippen molar-refractivity contribution in [3.63, 3.8) is 0 Å². The third-order valence-electron chi connectivity index (χ3n) is 6.45. The van der Waals surface area contributed by atoms with Crippen LogP contribution in [-0.2, 0) is 17.8 Å². The highest BCUT2D eigenvalue weighted by atomic mass is 19.4. The molecule has 0 atom stereocenters. The summed E-state index contributed by atoms with van der Waals surface area (Å²) >= 11 is 0. The SMILES string of the molecule is CC(C)N1CCN(C(=O)CN2CCc3cc(-c4cccc(OC(F)(F)F)c4)ccc3C2)CC1. The number of rotatable bonds is 5. The van der Waals surface area contributed by atoms with E-state index in [4.69, 9.17) is 0 Å². The molecule has 5 nitrogen and oxygen atoms in total. The van der Waals surface area contributed by atoms with Crippen molar-refractivity contribution in [2.75, 3.05) is 39.3 Å². The largest absolute Gasteiger partial charge is 0.573 e. The molecule has 1 saturated heterocycles. The smallest absolute Gasteiger partial charge is 0.406 e. The Morgan fingerprint density at radius 3 is 2.39 bits per heavy atom. The second-order valence-corrected chi connectivity index (χ2v) is 9.03. The van der Waals surface area contributed by atoms with E-state index in [1.54, 1.807) is 12.1 Å². The molecule has 2 aliphatic heterocycles. The molecule has 0 spiro atoms. The molecule has 0 aromatic heterocycles. The number of carbonyl (C=O) groups excluding carboxylic acids is 1. The molecule has 0 bridgehead atoms. The van der Waals surface area contributed by atoms with Crippen molar-refractivity contribution < 1.29 is 22.7 Å². The molecule has 0 unspecified atom stereocenters. The van der Waals surface area contributed by atoms with E-state index in [-0.39, 0.29) is 11.7 Å². The predicted octanol–water partition coefficient (Wildman–Crippen LogP) is 4.16. The molecular formula is C25H30F3N3O2. The zero-order valence-electron chi connectivity index (χ0n) is 19.1. The fourth-order valence-electron chi connectivity index (χ4n) is 4.58. The summed E-state index contributed by atoms with van der Waals surface area (Å²) in [7, 11) is 0. The van der Waals surface area contributed by atoms with Crippen molar-refractivity contribution >= 4 is 5.91 Å². The summed E-state index contributed by atoms with van der Waals surface area (Å²) in [5.74, 6) is -0.0448. The number of benzene rings is 2. The minimum Gasteiger partial charge on any atom is -0.406 e. The van der Waals surface area contributed by atoms with Crippen LogP contribution in [0.25, 0.3) is 11.1 Å². The number of nitrogens with zero attached hydrogens (tertiary/aromatic N) is 3. The van der Waals surface area contributed by atoms with Crippen LogP contribution >= 0.6 is 0 Å². The summed E-state index contributed by atoms with van der Waals surface area (Å²) in [5, 5.41) is 0. The summed E-state index contributed by atoms with van der Waals surface area (Å²) in [6.45, 7) is 9.66. The van der Waals surface area contributed by atoms with Crippen LogP contribution in [-0.4, -0.2) is 72.3 Å². The average Bonchev–Trinajstić information content (AvgIpc) is 2.78. The van der Waals surface area contributed by atoms with Crippen LogP contribution in [0.2, 0.25) is 0 Å². The van der Waals surface area contributed by atoms with Gasteiger partial charge in [-0.15, -0.1) is 13.2 Å². The molecule has 2 aromatic carbocycles. The second-order valence-electron chi connectivity index (χ2n) is 9.03. The van der Waals surface area contributed by atoms with Crippen LogP contribution in [0.4, 0.5) is 13.2 Å². The molecule has 4 rings (SSSR count). The van der Waals surface area contributed by atoms with Gasteiger partial charge in [-0.25, -0.2) is 0 Å². The molecule has 0 aliphatic carbocycles. The quantitative estimate of drug-likeness (QED) is 0.670. The Morgan fingerprint density at radius 2 is 1.70 bits per heavy atom. The normalized spacial score (nSPS) is 17.8. The van der Waals surface area contributed by atoms with Gasteiger partial charge in [0.1, 0.15) is 5.75 Å². The van der Waals surface area contributed by atoms with Crippen LogP contribution in [0.15, 0.2) is 42.5 Å². The van der Waals surface area contributed by atoms with E-state index < -0.39 is 6.36 Å². The average molecular weight is 462 g/mol. The molecule has 0 radical (unpaired) electrons. The molecule has 178 valence electrons. The zero-order chi connectivity index (χ0) is 23.6. The van der Waals surface area contributed by atoms with E-state index in [2.05, 4.69) is 28.4 Å². The Labute approximate surface area is 192 Å². The van der Waals surface area contributed by atoms with Gasteiger partial charge >= 0.3 is 6.36 Å². The Balaban J connectivity index is 1.37. The number of piperazine rings is 1. The lowest BCUT2D eigenvalue weighted by molar-refractivity contribution is -0.274. The summed E-state index contributed by atoms with van der Waals surface area (Å²) in [5.41, 5.74) is 3.86. The van der Waals surface area contributed by atoms with E-state index in [0.29, 0.717) is 24.7 Å². The maximum atomic E-state index is 12.8. The molecule has 0 saturated carbocycles. The van der Waals surface area contributed by atoms with Crippen molar-refractivity contribution in [1.82, 2.24) is 14.7 Å². The lowest BCUT2D eigenvalue weighted by atomic mass is 9.94. The van der Waals surface area contributed by atoms with Crippen LogP contribution < -0.4 is 4.74 Å². The topological polar surface area (TPSA) is 36.0 Å². The molecule has 8 heteroatoms. The lowest BCUT2D eigenvalue weighted by Gasteiger charge is -2.38. The maximum Gasteiger partial charge on any atom is 0.573 e.